The van der Waals surface area contributed by atoms with Crippen LogP contribution in [0.1, 0.15) is 48.8 Å². The third kappa shape index (κ3) is 2.18. The number of aromatic nitrogens is 3. The van der Waals surface area contributed by atoms with E-state index >= 15 is 0 Å². The lowest BCUT2D eigenvalue weighted by atomic mass is 9.72. The zero-order valence-electron chi connectivity index (χ0n) is 12.5. The molecule has 1 N–H and O–H groups in total. The lowest BCUT2D eigenvalue weighted by Gasteiger charge is -2.37. The Morgan fingerprint density at radius 3 is 2.52 bits per heavy atom. The summed E-state index contributed by atoms with van der Waals surface area (Å²) in [4.78, 5) is 4.97. The zero-order valence-corrected chi connectivity index (χ0v) is 12.5. The molecule has 0 amide bonds. The predicted octanol–water partition coefficient (Wildman–Crippen LogP) is 2.36. The molecule has 0 unspecified atom stereocenters. The maximum absolute atomic E-state index is 4.97. The molecule has 0 atom stereocenters. The molecule has 1 aliphatic carbocycles. The highest BCUT2D eigenvalue weighted by Gasteiger charge is 2.41. The average molecular weight is 282 g/mol. The van der Waals surface area contributed by atoms with Gasteiger partial charge in [0.05, 0.1) is 5.41 Å². The minimum Gasteiger partial charge on any atom is -0.317 e. The fourth-order valence-electron chi connectivity index (χ4n) is 3.59. The standard InChI is InChI=1S/C17H22N4/c1-21-16(19-15(20-21)13-7-8-13)17(9-11-18-12-10-17)14-5-3-2-4-6-14/h2-6,13,18H,7-12H2,1H3. The van der Waals surface area contributed by atoms with E-state index in [1.807, 2.05) is 4.68 Å². The summed E-state index contributed by atoms with van der Waals surface area (Å²) in [5.41, 5.74) is 1.39. The van der Waals surface area contributed by atoms with E-state index in [1.54, 1.807) is 0 Å². The van der Waals surface area contributed by atoms with Gasteiger partial charge in [0.15, 0.2) is 5.82 Å². The minimum atomic E-state index is 0.0153. The third-order valence-corrected chi connectivity index (χ3v) is 4.93. The quantitative estimate of drug-likeness (QED) is 0.940. The molecule has 4 heteroatoms. The summed E-state index contributed by atoms with van der Waals surface area (Å²) in [6, 6.07) is 10.9. The lowest BCUT2D eigenvalue weighted by molar-refractivity contribution is 0.335. The number of hydrogen-bond acceptors (Lipinski definition) is 3. The van der Waals surface area contributed by atoms with E-state index in [1.165, 1.54) is 18.4 Å². The van der Waals surface area contributed by atoms with Gasteiger partial charge in [0.2, 0.25) is 0 Å². The molecule has 1 aliphatic heterocycles. The summed E-state index contributed by atoms with van der Waals surface area (Å²) in [7, 11) is 2.06. The summed E-state index contributed by atoms with van der Waals surface area (Å²) in [5, 5.41) is 8.19. The molecule has 2 aliphatic rings. The van der Waals surface area contributed by atoms with Crippen molar-refractivity contribution in [2.45, 2.75) is 37.0 Å². The maximum atomic E-state index is 4.97. The molecular formula is C17H22N4. The molecule has 1 aromatic heterocycles. The molecule has 4 nitrogen and oxygen atoms in total. The summed E-state index contributed by atoms with van der Waals surface area (Å²) in [6.45, 7) is 2.08. The van der Waals surface area contributed by atoms with Crippen LogP contribution in [0.15, 0.2) is 30.3 Å². The van der Waals surface area contributed by atoms with Gasteiger partial charge in [-0.15, -0.1) is 0 Å². The number of piperidine rings is 1. The molecule has 1 saturated carbocycles. The minimum absolute atomic E-state index is 0.0153. The highest BCUT2D eigenvalue weighted by atomic mass is 15.3. The van der Waals surface area contributed by atoms with E-state index in [9.17, 15) is 0 Å². The van der Waals surface area contributed by atoms with E-state index in [2.05, 4.69) is 42.7 Å². The molecule has 0 bridgehead atoms. The highest BCUT2D eigenvalue weighted by Crippen LogP contribution is 2.42. The van der Waals surface area contributed by atoms with Crippen molar-refractivity contribution in [1.29, 1.82) is 0 Å². The van der Waals surface area contributed by atoms with E-state index in [-0.39, 0.29) is 5.41 Å². The van der Waals surface area contributed by atoms with Crippen molar-refractivity contribution in [3.8, 4) is 0 Å². The summed E-state index contributed by atoms with van der Waals surface area (Å²) >= 11 is 0. The molecule has 2 aromatic rings. The van der Waals surface area contributed by atoms with Gasteiger partial charge >= 0.3 is 0 Å². The monoisotopic (exact) mass is 282 g/mol. The van der Waals surface area contributed by atoms with Crippen LogP contribution in [0.2, 0.25) is 0 Å². The molecule has 2 heterocycles. The fraction of sp³-hybridized carbons (Fsp3) is 0.529. The Hall–Kier alpha value is -1.68. The molecule has 0 spiro atoms. The van der Waals surface area contributed by atoms with Crippen LogP contribution in [0.25, 0.3) is 0 Å². The first-order chi connectivity index (χ1) is 10.3. The van der Waals surface area contributed by atoms with Crippen LogP contribution in [0, 0.1) is 0 Å². The zero-order chi connectivity index (χ0) is 14.3. The largest absolute Gasteiger partial charge is 0.317 e. The van der Waals surface area contributed by atoms with Crippen LogP contribution in [-0.4, -0.2) is 27.9 Å². The van der Waals surface area contributed by atoms with E-state index in [0.29, 0.717) is 5.92 Å². The second kappa shape index (κ2) is 4.95. The van der Waals surface area contributed by atoms with Gasteiger partial charge < -0.3 is 5.32 Å². The van der Waals surface area contributed by atoms with E-state index in [0.717, 1.165) is 37.6 Å². The van der Waals surface area contributed by atoms with Crippen molar-refractivity contribution < 1.29 is 0 Å². The van der Waals surface area contributed by atoms with Gasteiger partial charge in [-0.05, 0) is 44.3 Å². The number of hydrogen-bond donors (Lipinski definition) is 1. The summed E-state index contributed by atoms with van der Waals surface area (Å²) < 4.78 is 2.03. The number of nitrogens with zero attached hydrogens (tertiary/aromatic N) is 3. The number of benzene rings is 1. The number of aryl methyl sites for hydroxylation is 1. The average Bonchev–Trinajstić information content (AvgIpc) is 3.31. The Morgan fingerprint density at radius 2 is 1.86 bits per heavy atom. The molecule has 0 radical (unpaired) electrons. The van der Waals surface area contributed by atoms with E-state index < -0.39 is 0 Å². The maximum Gasteiger partial charge on any atom is 0.154 e. The first kappa shape index (κ1) is 13.0. The predicted molar refractivity (Wildman–Crippen MR) is 82.3 cm³/mol. The normalized spacial score (nSPS) is 21.4. The molecule has 4 rings (SSSR count). The van der Waals surface area contributed by atoms with Gasteiger partial charge in [0.1, 0.15) is 5.82 Å². The van der Waals surface area contributed by atoms with Crippen LogP contribution in [0.4, 0.5) is 0 Å². The Labute approximate surface area is 125 Å². The Morgan fingerprint density at radius 1 is 1.14 bits per heavy atom. The smallest absolute Gasteiger partial charge is 0.154 e. The highest BCUT2D eigenvalue weighted by molar-refractivity contribution is 5.34. The lowest BCUT2D eigenvalue weighted by Crippen LogP contribution is -2.42. The number of rotatable bonds is 3. The second-order valence-electron chi connectivity index (χ2n) is 6.39. The van der Waals surface area contributed by atoms with Crippen molar-refractivity contribution in [3.63, 3.8) is 0 Å². The van der Waals surface area contributed by atoms with Crippen LogP contribution in [0.5, 0.6) is 0 Å². The van der Waals surface area contributed by atoms with Crippen molar-refractivity contribution in [2.24, 2.45) is 7.05 Å². The second-order valence-corrected chi connectivity index (χ2v) is 6.39. The van der Waals surface area contributed by atoms with Gasteiger partial charge in [-0.3, -0.25) is 4.68 Å². The van der Waals surface area contributed by atoms with Gasteiger partial charge in [-0.2, -0.15) is 5.10 Å². The Kier molecular flexibility index (Phi) is 3.07. The van der Waals surface area contributed by atoms with E-state index in [4.69, 9.17) is 10.1 Å². The molecular weight excluding hydrogens is 260 g/mol. The van der Waals surface area contributed by atoms with Crippen LogP contribution in [0.3, 0.4) is 0 Å². The molecule has 110 valence electrons. The Bertz CT molecular complexity index is 621. The van der Waals surface area contributed by atoms with Crippen molar-refractivity contribution >= 4 is 0 Å². The van der Waals surface area contributed by atoms with Gasteiger partial charge in [0, 0.05) is 13.0 Å². The third-order valence-electron chi connectivity index (χ3n) is 4.93. The van der Waals surface area contributed by atoms with Crippen LogP contribution in [-0.2, 0) is 12.5 Å². The molecule has 2 fully saturated rings. The molecule has 1 saturated heterocycles. The molecule has 1 aromatic carbocycles. The Balaban J connectivity index is 1.82. The van der Waals surface area contributed by atoms with Crippen molar-refractivity contribution in [1.82, 2.24) is 20.1 Å². The first-order valence-electron chi connectivity index (χ1n) is 7.97. The first-order valence-corrected chi connectivity index (χ1v) is 7.97. The van der Waals surface area contributed by atoms with Gasteiger partial charge in [-0.1, -0.05) is 30.3 Å². The topological polar surface area (TPSA) is 42.7 Å². The van der Waals surface area contributed by atoms with Crippen LogP contribution < -0.4 is 5.32 Å². The molecule has 21 heavy (non-hydrogen) atoms. The van der Waals surface area contributed by atoms with Crippen molar-refractivity contribution in [3.05, 3.63) is 47.5 Å². The van der Waals surface area contributed by atoms with Gasteiger partial charge in [0.25, 0.3) is 0 Å². The van der Waals surface area contributed by atoms with Gasteiger partial charge in [-0.25, -0.2) is 4.98 Å². The summed E-state index contributed by atoms with van der Waals surface area (Å²) in [5.74, 6) is 2.82. The fourth-order valence-corrected chi connectivity index (χ4v) is 3.59. The number of nitrogens with one attached hydrogen (secondary N) is 1. The SMILES string of the molecule is Cn1nc(C2CC2)nc1C1(c2ccccc2)CCNCC1. The van der Waals surface area contributed by atoms with Crippen molar-refractivity contribution in [2.75, 3.05) is 13.1 Å². The summed E-state index contributed by atoms with van der Waals surface area (Å²) in [6.07, 6.45) is 4.69. The van der Waals surface area contributed by atoms with Crippen LogP contribution >= 0.6 is 0 Å².